The van der Waals surface area contributed by atoms with Gasteiger partial charge >= 0.3 is 0 Å². The van der Waals surface area contributed by atoms with Crippen LogP contribution in [0.4, 0.5) is 5.13 Å². The van der Waals surface area contributed by atoms with Crippen molar-refractivity contribution in [1.82, 2.24) is 14.5 Å². The molecule has 1 fully saturated rings. The van der Waals surface area contributed by atoms with Crippen LogP contribution in [0.15, 0.2) is 48.1 Å². The van der Waals surface area contributed by atoms with Crippen molar-refractivity contribution >= 4 is 22.4 Å². The molecule has 4 rings (SSSR count). The second-order valence-electron chi connectivity index (χ2n) is 6.58. The van der Waals surface area contributed by atoms with Crippen molar-refractivity contribution in [1.29, 1.82) is 0 Å². The van der Waals surface area contributed by atoms with E-state index in [2.05, 4.69) is 15.2 Å². The molecule has 0 spiro atoms. The number of anilines is 1. The highest BCUT2D eigenvalue weighted by atomic mass is 32.1. The van der Waals surface area contributed by atoms with Crippen LogP contribution in [0, 0.1) is 6.92 Å². The molecule has 0 radical (unpaired) electrons. The molecule has 7 heteroatoms. The first-order chi connectivity index (χ1) is 13.2. The van der Waals surface area contributed by atoms with Gasteiger partial charge in [0.1, 0.15) is 0 Å². The summed E-state index contributed by atoms with van der Waals surface area (Å²) in [6, 6.07) is 9.66. The molecular weight excluding hydrogens is 360 g/mol. The van der Waals surface area contributed by atoms with E-state index in [1.807, 2.05) is 59.6 Å². The van der Waals surface area contributed by atoms with E-state index >= 15 is 0 Å². The van der Waals surface area contributed by atoms with Crippen molar-refractivity contribution in [3.05, 3.63) is 64.9 Å². The van der Waals surface area contributed by atoms with E-state index in [0.717, 1.165) is 49.8 Å². The minimum Gasteiger partial charge on any atom is -0.379 e. The first kappa shape index (κ1) is 17.9. The lowest BCUT2D eigenvalue weighted by Gasteiger charge is -2.25. The predicted molar refractivity (Wildman–Crippen MR) is 107 cm³/mol. The molecule has 0 unspecified atom stereocenters. The summed E-state index contributed by atoms with van der Waals surface area (Å²) in [5.41, 5.74) is 3.72. The predicted octanol–water partition coefficient (Wildman–Crippen LogP) is 3.33. The fourth-order valence-corrected chi connectivity index (χ4v) is 3.82. The number of morpholine rings is 1. The number of nitrogens with one attached hydrogen (secondary N) is 1. The lowest BCUT2D eigenvalue weighted by molar-refractivity contribution is 0.0337. The van der Waals surface area contributed by atoms with E-state index in [0.29, 0.717) is 10.7 Å². The van der Waals surface area contributed by atoms with Gasteiger partial charge in [0.25, 0.3) is 5.91 Å². The molecule has 1 amide bonds. The molecule has 0 atom stereocenters. The van der Waals surface area contributed by atoms with Gasteiger partial charge in [0.15, 0.2) is 5.13 Å². The van der Waals surface area contributed by atoms with Crippen molar-refractivity contribution in [2.75, 3.05) is 31.6 Å². The molecular formula is C20H22N4O2S. The SMILES string of the molecule is Cc1ccc(C(=O)Nc2nc(CN3CCOCC3)cs2)cc1-n1cccc1. The third-order valence-electron chi connectivity index (χ3n) is 4.62. The summed E-state index contributed by atoms with van der Waals surface area (Å²) in [6.45, 7) is 6.21. The Hall–Kier alpha value is -2.48. The molecule has 140 valence electrons. The van der Waals surface area contributed by atoms with Crippen molar-refractivity contribution in [2.24, 2.45) is 0 Å². The van der Waals surface area contributed by atoms with Gasteiger partial charge in [-0.3, -0.25) is 15.0 Å². The van der Waals surface area contributed by atoms with E-state index in [1.165, 1.54) is 11.3 Å². The number of aryl methyl sites for hydroxylation is 1. The topological polar surface area (TPSA) is 59.4 Å². The molecule has 27 heavy (non-hydrogen) atoms. The maximum atomic E-state index is 12.7. The lowest BCUT2D eigenvalue weighted by Crippen LogP contribution is -2.35. The maximum absolute atomic E-state index is 12.7. The van der Waals surface area contributed by atoms with Crippen LogP contribution in [0.1, 0.15) is 21.6 Å². The van der Waals surface area contributed by atoms with Gasteiger partial charge in [0.2, 0.25) is 0 Å². The summed E-state index contributed by atoms with van der Waals surface area (Å²) in [4.78, 5) is 19.5. The molecule has 1 aliphatic heterocycles. The average molecular weight is 382 g/mol. The average Bonchev–Trinajstić information content (AvgIpc) is 3.35. The minimum atomic E-state index is -0.143. The van der Waals surface area contributed by atoms with E-state index in [9.17, 15) is 4.79 Å². The van der Waals surface area contributed by atoms with E-state index in [4.69, 9.17) is 4.74 Å². The van der Waals surface area contributed by atoms with Crippen molar-refractivity contribution in [3.8, 4) is 5.69 Å². The van der Waals surface area contributed by atoms with Crippen molar-refractivity contribution < 1.29 is 9.53 Å². The number of aromatic nitrogens is 2. The molecule has 0 bridgehead atoms. The second-order valence-corrected chi connectivity index (χ2v) is 7.44. The van der Waals surface area contributed by atoms with Gasteiger partial charge in [-0.25, -0.2) is 4.98 Å². The quantitative estimate of drug-likeness (QED) is 0.735. The Balaban J connectivity index is 1.44. The summed E-state index contributed by atoms with van der Waals surface area (Å²) in [7, 11) is 0. The molecule has 1 aliphatic rings. The third kappa shape index (κ3) is 4.27. The van der Waals surface area contributed by atoms with Gasteiger partial charge in [0.05, 0.1) is 18.9 Å². The fraction of sp³-hybridized carbons (Fsp3) is 0.300. The monoisotopic (exact) mass is 382 g/mol. The molecule has 1 N–H and O–H groups in total. The number of rotatable bonds is 5. The van der Waals surface area contributed by atoms with Gasteiger partial charge < -0.3 is 9.30 Å². The first-order valence-electron chi connectivity index (χ1n) is 8.99. The highest BCUT2D eigenvalue weighted by Crippen LogP contribution is 2.20. The summed E-state index contributed by atoms with van der Waals surface area (Å²) in [5.74, 6) is -0.143. The van der Waals surface area contributed by atoms with Crippen LogP contribution in [-0.2, 0) is 11.3 Å². The standard InChI is InChI=1S/C20H22N4O2S/c1-15-4-5-16(12-18(15)24-6-2-3-7-24)19(25)22-20-21-17(14-27-20)13-23-8-10-26-11-9-23/h2-7,12,14H,8-11,13H2,1H3,(H,21,22,25). The largest absolute Gasteiger partial charge is 0.379 e. The van der Waals surface area contributed by atoms with E-state index in [-0.39, 0.29) is 5.91 Å². The molecule has 0 saturated carbocycles. The number of amides is 1. The highest BCUT2D eigenvalue weighted by molar-refractivity contribution is 7.13. The van der Waals surface area contributed by atoms with E-state index in [1.54, 1.807) is 0 Å². The molecule has 2 aromatic heterocycles. The number of carbonyl (C=O) groups excluding carboxylic acids is 1. The van der Waals surface area contributed by atoms with Crippen LogP contribution >= 0.6 is 11.3 Å². The van der Waals surface area contributed by atoms with Crippen LogP contribution in [0.25, 0.3) is 5.69 Å². The normalized spacial score (nSPS) is 15.0. The van der Waals surface area contributed by atoms with Gasteiger partial charge in [-0.1, -0.05) is 6.07 Å². The molecule has 0 aliphatic carbocycles. The molecule has 1 saturated heterocycles. The summed E-state index contributed by atoms with van der Waals surface area (Å²) < 4.78 is 7.38. The Morgan fingerprint density at radius 1 is 1.26 bits per heavy atom. The zero-order valence-electron chi connectivity index (χ0n) is 15.2. The Morgan fingerprint density at radius 3 is 2.81 bits per heavy atom. The third-order valence-corrected chi connectivity index (χ3v) is 5.42. The second kappa shape index (κ2) is 8.04. The fourth-order valence-electron chi connectivity index (χ4n) is 3.12. The van der Waals surface area contributed by atoms with Gasteiger partial charge in [-0.05, 0) is 36.8 Å². The minimum absolute atomic E-state index is 0.143. The summed E-state index contributed by atoms with van der Waals surface area (Å²) in [6.07, 6.45) is 3.95. The molecule has 3 heterocycles. The molecule has 1 aromatic carbocycles. The van der Waals surface area contributed by atoms with Gasteiger partial charge in [0, 0.05) is 48.7 Å². The Bertz CT molecular complexity index is 914. The number of thiazole rings is 1. The first-order valence-corrected chi connectivity index (χ1v) is 9.87. The Morgan fingerprint density at radius 2 is 2.04 bits per heavy atom. The highest BCUT2D eigenvalue weighted by Gasteiger charge is 2.14. The van der Waals surface area contributed by atoms with Crippen LogP contribution in [-0.4, -0.2) is 46.7 Å². The van der Waals surface area contributed by atoms with Crippen LogP contribution in [0.5, 0.6) is 0 Å². The zero-order chi connectivity index (χ0) is 18.6. The van der Waals surface area contributed by atoms with Gasteiger partial charge in [-0.2, -0.15) is 0 Å². The Labute approximate surface area is 162 Å². The molecule has 3 aromatic rings. The number of benzene rings is 1. The Kier molecular flexibility index (Phi) is 5.33. The number of ether oxygens (including phenoxy) is 1. The van der Waals surface area contributed by atoms with Crippen LogP contribution in [0.2, 0.25) is 0 Å². The molecule has 6 nitrogen and oxygen atoms in total. The smallest absolute Gasteiger partial charge is 0.257 e. The number of hydrogen-bond donors (Lipinski definition) is 1. The number of carbonyl (C=O) groups is 1. The number of hydrogen-bond acceptors (Lipinski definition) is 5. The van der Waals surface area contributed by atoms with Gasteiger partial charge in [-0.15, -0.1) is 11.3 Å². The number of nitrogens with zero attached hydrogens (tertiary/aromatic N) is 3. The zero-order valence-corrected chi connectivity index (χ0v) is 16.0. The summed E-state index contributed by atoms with van der Waals surface area (Å²) >= 11 is 1.46. The van der Waals surface area contributed by atoms with Crippen molar-refractivity contribution in [3.63, 3.8) is 0 Å². The maximum Gasteiger partial charge on any atom is 0.257 e. The lowest BCUT2D eigenvalue weighted by atomic mass is 10.1. The van der Waals surface area contributed by atoms with Crippen molar-refractivity contribution in [2.45, 2.75) is 13.5 Å². The van der Waals surface area contributed by atoms with Crippen LogP contribution < -0.4 is 5.32 Å². The van der Waals surface area contributed by atoms with E-state index < -0.39 is 0 Å². The van der Waals surface area contributed by atoms with Crippen LogP contribution in [0.3, 0.4) is 0 Å². The summed E-state index contributed by atoms with van der Waals surface area (Å²) in [5, 5.41) is 5.56.